The van der Waals surface area contributed by atoms with E-state index in [2.05, 4.69) is 0 Å². The van der Waals surface area contributed by atoms with Gasteiger partial charge in [0.2, 0.25) is 5.91 Å². The summed E-state index contributed by atoms with van der Waals surface area (Å²) in [6.45, 7) is 0. The number of nitrogens with two attached hydrogens (primary N) is 1. The molecule has 92 valence electrons. The molecule has 0 heterocycles. The van der Waals surface area contributed by atoms with Crippen molar-refractivity contribution < 1.29 is 22.7 Å². The lowest BCUT2D eigenvalue weighted by Crippen LogP contribution is -2.26. The van der Waals surface area contributed by atoms with Crippen molar-refractivity contribution >= 4 is 11.6 Å². The van der Waals surface area contributed by atoms with E-state index in [1.54, 1.807) is 0 Å². The third-order valence-corrected chi connectivity index (χ3v) is 2.05. The van der Waals surface area contributed by atoms with E-state index < -0.39 is 28.9 Å². The molecule has 0 saturated heterocycles. The molecular formula is C10H9F3N2O2. The van der Waals surface area contributed by atoms with Crippen molar-refractivity contribution in [3.8, 4) is 5.75 Å². The largest absolute Gasteiger partial charge is 0.497 e. The van der Waals surface area contributed by atoms with Crippen LogP contribution in [0.1, 0.15) is 15.9 Å². The molecule has 0 fully saturated rings. The van der Waals surface area contributed by atoms with Gasteiger partial charge in [0.25, 0.3) is 0 Å². The molecule has 1 aromatic rings. The summed E-state index contributed by atoms with van der Waals surface area (Å²) < 4.78 is 41.8. The van der Waals surface area contributed by atoms with E-state index >= 15 is 0 Å². The average Bonchev–Trinajstić information content (AvgIpc) is 2.25. The molecule has 4 nitrogen and oxygen atoms in total. The third-order valence-electron chi connectivity index (χ3n) is 2.05. The van der Waals surface area contributed by atoms with Crippen LogP contribution in [0.15, 0.2) is 18.2 Å². The lowest BCUT2D eigenvalue weighted by Gasteiger charge is -2.12. The molecule has 0 aliphatic rings. The number of benzene rings is 1. The number of nitrogens with one attached hydrogen (secondary N) is 1. The second kappa shape index (κ2) is 4.44. The van der Waals surface area contributed by atoms with Crippen LogP contribution >= 0.6 is 0 Å². The van der Waals surface area contributed by atoms with E-state index in [9.17, 15) is 18.0 Å². The summed E-state index contributed by atoms with van der Waals surface area (Å²) in [6, 6.07) is 3.27. The first-order chi connectivity index (χ1) is 7.77. The summed E-state index contributed by atoms with van der Waals surface area (Å²) in [5.74, 6) is -0.856. The number of halogens is 3. The number of carbonyl (C=O) groups is 1. The second-order valence-corrected chi connectivity index (χ2v) is 3.15. The van der Waals surface area contributed by atoms with Crippen LogP contribution in [-0.4, -0.2) is 24.9 Å². The third kappa shape index (κ3) is 2.74. The van der Waals surface area contributed by atoms with Crippen LogP contribution in [0.2, 0.25) is 0 Å². The molecule has 0 saturated carbocycles. The molecule has 0 spiro atoms. The standard InChI is InChI=1S/C10H9F3N2O2/c1-17-5-2-3-6(7(4-5)9(15)16)8(14)10(11,12)13/h2-4,14H,1H3,(H2,15,16). The first kappa shape index (κ1) is 13.0. The summed E-state index contributed by atoms with van der Waals surface area (Å²) >= 11 is 0. The van der Waals surface area contributed by atoms with Gasteiger partial charge < -0.3 is 10.5 Å². The van der Waals surface area contributed by atoms with Crippen LogP contribution in [-0.2, 0) is 0 Å². The summed E-state index contributed by atoms with van der Waals surface area (Å²) in [5, 5.41) is 6.97. The first-order valence-electron chi connectivity index (χ1n) is 4.41. The van der Waals surface area contributed by atoms with Crippen molar-refractivity contribution in [1.29, 1.82) is 5.41 Å². The Morgan fingerprint density at radius 2 is 1.94 bits per heavy atom. The number of alkyl halides is 3. The van der Waals surface area contributed by atoms with E-state index in [4.69, 9.17) is 15.9 Å². The molecule has 1 rings (SSSR count). The second-order valence-electron chi connectivity index (χ2n) is 3.15. The molecule has 0 bridgehead atoms. The predicted octanol–water partition coefficient (Wildman–Crippen LogP) is 1.72. The molecule has 0 atom stereocenters. The summed E-state index contributed by atoms with van der Waals surface area (Å²) in [5.41, 5.74) is 2.38. The SMILES string of the molecule is COc1ccc(C(=N)C(F)(F)F)c(C(N)=O)c1. The van der Waals surface area contributed by atoms with Crippen LogP contribution in [0.4, 0.5) is 13.2 Å². The molecule has 0 unspecified atom stereocenters. The van der Waals surface area contributed by atoms with Crippen LogP contribution < -0.4 is 10.5 Å². The summed E-state index contributed by atoms with van der Waals surface area (Å²) in [4.78, 5) is 11.0. The Hall–Kier alpha value is -2.05. The number of carbonyl (C=O) groups excluding carboxylic acids is 1. The van der Waals surface area contributed by atoms with E-state index in [0.717, 1.165) is 12.1 Å². The van der Waals surface area contributed by atoms with E-state index in [1.165, 1.54) is 13.2 Å². The number of methoxy groups -OCH3 is 1. The normalized spacial score (nSPS) is 11.1. The van der Waals surface area contributed by atoms with Gasteiger partial charge in [-0.15, -0.1) is 0 Å². The molecular weight excluding hydrogens is 237 g/mol. The minimum Gasteiger partial charge on any atom is -0.497 e. The van der Waals surface area contributed by atoms with Crippen molar-refractivity contribution in [2.45, 2.75) is 6.18 Å². The minimum atomic E-state index is -4.83. The Morgan fingerprint density at radius 3 is 2.35 bits per heavy atom. The Morgan fingerprint density at radius 1 is 1.35 bits per heavy atom. The number of rotatable bonds is 3. The average molecular weight is 246 g/mol. The fraction of sp³-hybridized carbons (Fsp3) is 0.200. The Labute approximate surface area is 94.7 Å². The van der Waals surface area contributed by atoms with Crippen molar-refractivity contribution in [2.24, 2.45) is 5.73 Å². The van der Waals surface area contributed by atoms with Gasteiger partial charge in [-0.1, -0.05) is 0 Å². The van der Waals surface area contributed by atoms with Gasteiger partial charge in [0.1, 0.15) is 11.5 Å². The van der Waals surface area contributed by atoms with Gasteiger partial charge in [-0.25, -0.2) is 0 Å². The number of primary amides is 1. The Balaban J connectivity index is 3.34. The van der Waals surface area contributed by atoms with Crippen LogP contribution in [0.5, 0.6) is 5.75 Å². The van der Waals surface area contributed by atoms with Crippen LogP contribution in [0.25, 0.3) is 0 Å². The zero-order chi connectivity index (χ0) is 13.2. The van der Waals surface area contributed by atoms with E-state index in [-0.39, 0.29) is 5.75 Å². The fourth-order valence-corrected chi connectivity index (χ4v) is 1.22. The number of amides is 1. The monoisotopic (exact) mass is 246 g/mol. The van der Waals surface area contributed by atoms with Crippen molar-refractivity contribution in [2.75, 3.05) is 7.11 Å². The Bertz CT molecular complexity index is 469. The molecule has 0 aromatic heterocycles. The van der Waals surface area contributed by atoms with Crippen molar-refractivity contribution in [1.82, 2.24) is 0 Å². The minimum absolute atomic E-state index is 0.192. The van der Waals surface area contributed by atoms with Crippen molar-refractivity contribution in [3.05, 3.63) is 29.3 Å². The van der Waals surface area contributed by atoms with Crippen LogP contribution in [0, 0.1) is 5.41 Å². The number of hydrogen-bond acceptors (Lipinski definition) is 3. The number of ether oxygens (including phenoxy) is 1. The maximum Gasteiger partial charge on any atom is 0.433 e. The van der Waals surface area contributed by atoms with Gasteiger partial charge in [-0.05, 0) is 18.2 Å². The fourth-order valence-electron chi connectivity index (χ4n) is 1.22. The number of hydrogen-bond donors (Lipinski definition) is 2. The van der Waals surface area contributed by atoms with Gasteiger partial charge in [0.05, 0.1) is 12.7 Å². The lowest BCUT2D eigenvalue weighted by molar-refractivity contribution is -0.0587. The van der Waals surface area contributed by atoms with Gasteiger partial charge in [0.15, 0.2) is 0 Å². The quantitative estimate of drug-likeness (QED) is 0.797. The molecule has 0 aliphatic carbocycles. The maximum absolute atomic E-state index is 12.4. The molecule has 0 radical (unpaired) electrons. The zero-order valence-electron chi connectivity index (χ0n) is 8.76. The zero-order valence-corrected chi connectivity index (χ0v) is 8.76. The van der Waals surface area contributed by atoms with Gasteiger partial charge in [-0.2, -0.15) is 13.2 Å². The molecule has 1 amide bonds. The van der Waals surface area contributed by atoms with E-state index in [1.807, 2.05) is 0 Å². The maximum atomic E-state index is 12.4. The topological polar surface area (TPSA) is 76.2 Å². The van der Waals surface area contributed by atoms with Gasteiger partial charge in [-0.3, -0.25) is 10.2 Å². The molecule has 1 aromatic carbocycles. The van der Waals surface area contributed by atoms with Gasteiger partial charge in [0, 0.05) is 5.56 Å². The lowest BCUT2D eigenvalue weighted by atomic mass is 10.0. The molecule has 3 N–H and O–H groups in total. The first-order valence-corrected chi connectivity index (χ1v) is 4.41. The highest BCUT2D eigenvalue weighted by Gasteiger charge is 2.37. The Kier molecular flexibility index (Phi) is 3.40. The molecule has 7 heteroatoms. The van der Waals surface area contributed by atoms with E-state index in [0.29, 0.717) is 0 Å². The highest BCUT2D eigenvalue weighted by Crippen LogP contribution is 2.25. The van der Waals surface area contributed by atoms with Gasteiger partial charge >= 0.3 is 6.18 Å². The summed E-state index contributed by atoms with van der Waals surface area (Å²) in [7, 11) is 1.30. The molecule has 0 aliphatic heterocycles. The highest BCUT2D eigenvalue weighted by atomic mass is 19.4. The van der Waals surface area contributed by atoms with Crippen molar-refractivity contribution in [3.63, 3.8) is 0 Å². The highest BCUT2D eigenvalue weighted by molar-refractivity contribution is 6.11. The molecule has 17 heavy (non-hydrogen) atoms. The predicted molar refractivity (Wildman–Crippen MR) is 54.4 cm³/mol. The van der Waals surface area contributed by atoms with Crippen LogP contribution in [0.3, 0.4) is 0 Å². The smallest absolute Gasteiger partial charge is 0.433 e. The summed E-state index contributed by atoms with van der Waals surface area (Å²) in [6.07, 6.45) is -4.83.